The van der Waals surface area contributed by atoms with Crippen LogP contribution in [0.25, 0.3) is 0 Å². The first-order valence-electron chi connectivity index (χ1n) is 7.38. The van der Waals surface area contributed by atoms with Crippen LogP contribution < -0.4 is 10.1 Å². The summed E-state index contributed by atoms with van der Waals surface area (Å²) in [6.45, 7) is 2.09. The summed E-state index contributed by atoms with van der Waals surface area (Å²) in [6.07, 6.45) is 7.94. The minimum Gasteiger partial charge on any atom is -0.493 e. The molecule has 0 saturated carbocycles. The highest BCUT2D eigenvalue weighted by molar-refractivity contribution is 5.37. The van der Waals surface area contributed by atoms with E-state index in [-0.39, 0.29) is 0 Å². The van der Waals surface area contributed by atoms with Gasteiger partial charge < -0.3 is 10.1 Å². The Balaban J connectivity index is 1.69. The zero-order chi connectivity index (χ0) is 12.2. The molecule has 2 atom stereocenters. The average Bonchev–Trinajstić information content (AvgIpc) is 2.68. The van der Waals surface area contributed by atoms with Crippen LogP contribution >= 0.6 is 0 Å². The third-order valence-electron chi connectivity index (χ3n) is 4.31. The van der Waals surface area contributed by atoms with Crippen molar-refractivity contribution in [3.05, 3.63) is 29.8 Å². The van der Waals surface area contributed by atoms with Gasteiger partial charge in [0, 0.05) is 6.04 Å². The molecule has 0 aliphatic carbocycles. The number of hydrogen-bond acceptors (Lipinski definition) is 2. The second kappa shape index (κ2) is 5.75. The van der Waals surface area contributed by atoms with Gasteiger partial charge in [-0.25, -0.2) is 0 Å². The number of para-hydroxylation sites is 1. The van der Waals surface area contributed by atoms with Crippen molar-refractivity contribution in [1.82, 2.24) is 5.32 Å². The Bertz CT molecular complexity index is 382. The molecule has 1 aromatic carbocycles. The SMILES string of the molecule is c1ccc2c(c1)OCCC2CC1CCCCCN1. The van der Waals surface area contributed by atoms with E-state index in [1.165, 1.54) is 50.6 Å². The lowest BCUT2D eigenvalue weighted by atomic mass is 9.86. The van der Waals surface area contributed by atoms with Crippen LogP contribution in [0.4, 0.5) is 0 Å². The lowest BCUT2D eigenvalue weighted by Crippen LogP contribution is -2.31. The predicted octanol–water partition coefficient (Wildman–Crippen LogP) is 3.48. The fourth-order valence-corrected chi connectivity index (χ4v) is 3.31. The molecule has 1 fully saturated rings. The van der Waals surface area contributed by atoms with Gasteiger partial charge in [0.15, 0.2) is 0 Å². The van der Waals surface area contributed by atoms with E-state index in [4.69, 9.17) is 4.74 Å². The van der Waals surface area contributed by atoms with Gasteiger partial charge in [0.05, 0.1) is 6.61 Å². The number of fused-ring (bicyclic) bond motifs is 1. The maximum absolute atomic E-state index is 5.75. The van der Waals surface area contributed by atoms with Crippen LogP contribution in [0, 0.1) is 0 Å². The number of benzene rings is 1. The Morgan fingerprint density at radius 2 is 2.06 bits per heavy atom. The number of rotatable bonds is 2. The molecule has 2 heterocycles. The minimum absolute atomic E-state index is 0.686. The zero-order valence-electron chi connectivity index (χ0n) is 11.0. The van der Waals surface area contributed by atoms with E-state index in [1.54, 1.807) is 0 Å². The molecule has 2 unspecified atom stereocenters. The van der Waals surface area contributed by atoms with Crippen molar-refractivity contribution in [3.8, 4) is 5.75 Å². The Hall–Kier alpha value is -1.02. The summed E-state index contributed by atoms with van der Waals surface area (Å²) in [5.41, 5.74) is 1.43. The van der Waals surface area contributed by atoms with E-state index in [2.05, 4.69) is 29.6 Å². The third kappa shape index (κ3) is 2.69. The summed E-state index contributed by atoms with van der Waals surface area (Å²) in [4.78, 5) is 0. The maximum atomic E-state index is 5.75. The summed E-state index contributed by atoms with van der Waals surface area (Å²) in [7, 11) is 0. The molecule has 2 aliphatic rings. The Morgan fingerprint density at radius 1 is 1.11 bits per heavy atom. The molecular formula is C16H23NO. The van der Waals surface area contributed by atoms with Gasteiger partial charge in [-0.2, -0.15) is 0 Å². The molecule has 0 radical (unpaired) electrons. The van der Waals surface area contributed by atoms with Gasteiger partial charge in [-0.15, -0.1) is 0 Å². The fraction of sp³-hybridized carbons (Fsp3) is 0.625. The van der Waals surface area contributed by atoms with Crippen molar-refractivity contribution in [2.75, 3.05) is 13.2 Å². The zero-order valence-corrected chi connectivity index (χ0v) is 11.0. The van der Waals surface area contributed by atoms with E-state index in [9.17, 15) is 0 Å². The third-order valence-corrected chi connectivity index (χ3v) is 4.31. The van der Waals surface area contributed by atoms with E-state index in [0.29, 0.717) is 12.0 Å². The second-order valence-electron chi connectivity index (χ2n) is 5.61. The first-order chi connectivity index (χ1) is 8.93. The van der Waals surface area contributed by atoms with Crippen LogP contribution in [0.15, 0.2) is 24.3 Å². The number of hydrogen-bond donors (Lipinski definition) is 1. The van der Waals surface area contributed by atoms with Crippen molar-refractivity contribution in [3.63, 3.8) is 0 Å². The molecule has 2 nitrogen and oxygen atoms in total. The van der Waals surface area contributed by atoms with Gasteiger partial charge in [0.2, 0.25) is 0 Å². The van der Waals surface area contributed by atoms with Crippen LogP contribution in [0.1, 0.15) is 50.0 Å². The molecule has 0 bridgehead atoms. The van der Waals surface area contributed by atoms with Crippen molar-refractivity contribution in [2.24, 2.45) is 0 Å². The van der Waals surface area contributed by atoms with Gasteiger partial charge in [0.25, 0.3) is 0 Å². The molecule has 1 N–H and O–H groups in total. The highest BCUT2D eigenvalue weighted by Gasteiger charge is 2.24. The summed E-state index contributed by atoms with van der Waals surface area (Å²) in [6, 6.07) is 9.29. The lowest BCUT2D eigenvalue weighted by molar-refractivity contribution is 0.254. The molecule has 2 aliphatic heterocycles. The van der Waals surface area contributed by atoms with Crippen molar-refractivity contribution in [1.29, 1.82) is 0 Å². The Kier molecular flexibility index (Phi) is 3.84. The summed E-state index contributed by atoms with van der Waals surface area (Å²) < 4.78 is 5.75. The van der Waals surface area contributed by atoms with Gasteiger partial charge in [-0.3, -0.25) is 0 Å². The normalized spacial score (nSPS) is 28.0. The molecular weight excluding hydrogens is 222 g/mol. The topological polar surface area (TPSA) is 21.3 Å². The van der Waals surface area contributed by atoms with Gasteiger partial charge in [-0.05, 0) is 49.8 Å². The second-order valence-corrected chi connectivity index (χ2v) is 5.61. The Morgan fingerprint density at radius 3 is 3.06 bits per heavy atom. The standard InChI is InChI=1S/C16H23NO/c1-2-6-14(17-10-5-1)12-13-9-11-18-16-8-4-3-7-15(13)16/h3-4,7-8,13-14,17H,1-2,5-6,9-12H2. The van der Waals surface area contributed by atoms with E-state index in [1.807, 2.05) is 0 Å². The molecule has 0 spiro atoms. The quantitative estimate of drug-likeness (QED) is 0.861. The van der Waals surface area contributed by atoms with Crippen molar-refractivity contribution >= 4 is 0 Å². The predicted molar refractivity (Wildman–Crippen MR) is 74.2 cm³/mol. The van der Waals surface area contributed by atoms with Gasteiger partial charge in [-0.1, -0.05) is 31.0 Å². The summed E-state index contributed by atoms with van der Waals surface area (Å²) >= 11 is 0. The summed E-state index contributed by atoms with van der Waals surface area (Å²) in [5.74, 6) is 1.80. The van der Waals surface area contributed by atoms with E-state index < -0.39 is 0 Å². The van der Waals surface area contributed by atoms with Crippen molar-refractivity contribution in [2.45, 2.75) is 50.5 Å². The van der Waals surface area contributed by atoms with Gasteiger partial charge >= 0.3 is 0 Å². The smallest absolute Gasteiger partial charge is 0.122 e. The largest absolute Gasteiger partial charge is 0.493 e. The molecule has 1 aromatic rings. The van der Waals surface area contributed by atoms with Crippen LogP contribution in [-0.2, 0) is 0 Å². The monoisotopic (exact) mass is 245 g/mol. The minimum atomic E-state index is 0.686. The highest BCUT2D eigenvalue weighted by Crippen LogP contribution is 2.36. The molecule has 0 aromatic heterocycles. The fourth-order valence-electron chi connectivity index (χ4n) is 3.31. The molecule has 2 heteroatoms. The number of nitrogens with one attached hydrogen (secondary N) is 1. The molecule has 0 amide bonds. The Labute approximate surface area is 110 Å². The maximum Gasteiger partial charge on any atom is 0.122 e. The number of ether oxygens (including phenoxy) is 1. The van der Waals surface area contributed by atoms with Crippen LogP contribution in [0.5, 0.6) is 5.75 Å². The first kappa shape index (κ1) is 12.0. The molecule has 18 heavy (non-hydrogen) atoms. The van der Waals surface area contributed by atoms with E-state index >= 15 is 0 Å². The summed E-state index contributed by atoms with van der Waals surface area (Å²) in [5, 5.41) is 3.72. The van der Waals surface area contributed by atoms with E-state index in [0.717, 1.165) is 12.4 Å². The molecule has 98 valence electrons. The molecule has 3 rings (SSSR count). The average molecular weight is 245 g/mol. The molecule has 1 saturated heterocycles. The lowest BCUT2D eigenvalue weighted by Gasteiger charge is -2.29. The van der Waals surface area contributed by atoms with Crippen LogP contribution in [-0.4, -0.2) is 19.2 Å². The highest BCUT2D eigenvalue weighted by atomic mass is 16.5. The van der Waals surface area contributed by atoms with Crippen LogP contribution in [0.3, 0.4) is 0 Å². The van der Waals surface area contributed by atoms with Crippen molar-refractivity contribution < 1.29 is 4.74 Å². The van der Waals surface area contributed by atoms with Crippen LogP contribution in [0.2, 0.25) is 0 Å². The first-order valence-corrected chi connectivity index (χ1v) is 7.38. The van der Waals surface area contributed by atoms with Gasteiger partial charge in [0.1, 0.15) is 5.75 Å².